The third kappa shape index (κ3) is 2.35. The fourth-order valence-corrected chi connectivity index (χ4v) is 3.26. The number of nitrogens with two attached hydrogens (primary N) is 1. The molecule has 0 amide bonds. The molecule has 3 rings (SSSR count). The molecule has 0 aliphatic carbocycles. The van der Waals surface area contributed by atoms with Crippen molar-refractivity contribution in [3.8, 4) is 0 Å². The number of nitrogens with zero attached hydrogens (tertiary/aromatic N) is 2. The zero-order valence-electron chi connectivity index (χ0n) is 11.0. The maximum Gasteiger partial charge on any atom is 0.136 e. The van der Waals surface area contributed by atoms with Crippen LogP contribution in [-0.2, 0) is 0 Å². The van der Waals surface area contributed by atoms with Gasteiger partial charge in [-0.3, -0.25) is 0 Å². The smallest absolute Gasteiger partial charge is 0.136 e. The highest BCUT2D eigenvalue weighted by molar-refractivity contribution is 9.10. The van der Waals surface area contributed by atoms with Gasteiger partial charge in [0, 0.05) is 40.6 Å². The second-order valence-corrected chi connectivity index (χ2v) is 6.20. The van der Waals surface area contributed by atoms with Crippen LogP contribution in [0.3, 0.4) is 0 Å². The number of aromatic nitrogens is 1. The first-order chi connectivity index (χ1) is 9.16. The zero-order valence-corrected chi connectivity index (χ0v) is 12.6. The molecule has 1 aromatic carbocycles. The van der Waals surface area contributed by atoms with E-state index in [0.717, 1.165) is 29.8 Å². The number of rotatable bonds is 1. The van der Waals surface area contributed by atoms with Crippen molar-refractivity contribution in [2.24, 2.45) is 11.7 Å². The summed E-state index contributed by atoms with van der Waals surface area (Å²) in [6, 6.07) is 8.65. The predicted octanol–water partition coefficient (Wildman–Crippen LogP) is 3.17. The summed E-state index contributed by atoms with van der Waals surface area (Å²) in [5.41, 5.74) is 6.10. The van der Waals surface area contributed by atoms with Crippen LogP contribution in [0.25, 0.3) is 10.8 Å². The summed E-state index contributed by atoms with van der Waals surface area (Å²) in [7, 11) is 0. The Bertz CT molecular complexity index is 599. The van der Waals surface area contributed by atoms with Crippen molar-refractivity contribution < 1.29 is 0 Å². The summed E-state index contributed by atoms with van der Waals surface area (Å²) >= 11 is 3.61. The van der Waals surface area contributed by atoms with Crippen LogP contribution in [0, 0.1) is 5.92 Å². The van der Waals surface area contributed by atoms with Crippen molar-refractivity contribution in [2.45, 2.75) is 19.4 Å². The molecule has 0 spiro atoms. The Balaban J connectivity index is 2.04. The normalized spacial score (nSPS) is 23.8. The minimum Gasteiger partial charge on any atom is -0.356 e. The van der Waals surface area contributed by atoms with Crippen molar-refractivity contribution in [3.63, 3.8) is 0 Å². The first-order valence-corrected chi connectivity index (χ1v) is 7.50. The van der Waals surface area contributed by atoms with Crippen LogP contribution in [-0.4, -0.2) is 24.1 Å². The highest BCUT2D eigenvalue weighted by Crippen LogP contribution is 2.31. The lowest BCUT2D eigenvalue weighted by molar-refractivity contribution is 0.382. The van der Waals surface area contributed by atoms with E-state index in [2.05, 4.69) is 57.0 Å². The summed E-state index contributed by atoms with van der Waals surface area (Å²) in [6.07, 6.45) is 2.93. The molecule has 1 aliphatic rings. The van der Waals surface area contributed by atoms with Gasteiger partial charge < -0.3 is 10.6 Å². The van der Waals surface area contributed by atoms with Gasteiger partial charge in [-0.25, -0.2) is 4.98 Å². The number of hydrogen-bond donors (Lipinski definition) is 1. The van der Waals surface area contributed by atoms with Crippen molar-refractivity contribution in [1.29, 1.82) is 0 Å². The molecule has 0 radical (unpaired) electrons. The van der Waals surface area contributed by atoms with Gasteiger partial charge in [-0.1, -0.05) is 35.0 Å². The van der Waals surface area contributed by atoms with Crippen LogP contribution in [0.15, 0.2) is 34.9 Å². The molecular weight excluding hydrogens is 302 g/mol. The van der Waals surface area contributed by atoms with Gasteiger partial charge in [0.1, 0.15) is 5.82 Å². The molecule has 1 saturated heterocycles. The lowest BCUT2D eigenvalue weighted by atomic mass is 9.94. The zero-order chi connectivity index (χ0) is 13.4. The summed E-state index contributed by atoms with van der Waals surface area (Å²) in [6.45, 7) is 4.20. The van der Waals surface area contributed by atoms with Gasteiger partial charge in [-0.15, -0.1) is 0 Å². The molecule has 0 saturated carbocycles. The van der Waals surface area contributed by atoms with Crippen molar-refractivity contribution in [3.05, 3.63) is 34.9 Å². The molecule has 1 aromatic heterocycles. The van der Waals surface area contributed by atoms with E-state index < -0.39 is 0 Å². The molecular formula is C15H18BrN3. The lowest BCUT2D eigenvalue weighted by Crippen LogP contribution is -2.46. The van der Waals surface area contributed by atoms with Gasteiger partial charge in [0.2, 0.25) is 0 Å². The van der Waals surface area contributed by atoms with Crippen molar-refractivity contribution >= 4 is 32.5 Å². The maximum atomic E-state index is 6.10. The Morgan fingerprint density at radius 2 is 2.16 bits per heavy atom. The van der Waals surface area contributed by atoms with E-state index in [1.165, 1.54) is 10.8 Å². The molecule has 1 fully saturated rings. The third-order valence-electron chi connectivity index (χ3n) is 4.00. The van der Waals surface area contributed by atoms with Gasteiger partial charge >= 0.3 is 0 Å². The molecule has 2 unspecified atom stereocenters. The summed E-state index contributed by atoms with van der Waals surface area (Å²) in [5, 5.41) is 2.43. The minimum atomic E-state index is 0.318. The quantitative estimate of drug-likeness (QED) is 0.877. The molecule has 2 heterocycles. The van der Waals surface area contributed by atoms with E-state index >= 15 is 0 Å². The molecule has 2 atom stereocenters. The number of benzene rings is 1. The Morgan fingerprint density at radius 3 is 2.95 bits per heavy atom. The highest BCUT2D eigenvalue weighted by atomic mass is 79.9. The van der Waals surface area contributed by atoms with Crippen LogP contribution in [0.1, 0.15) is 13.3 Å². The summed E-state index contributed by atoms with van der Waals surface area (Å²) in [5.74, 6) is 1.59. The first-order valence-electron chi connectivity index (χ1n) is 6.70. The molecule has 2 N–H and O–H groups in total. The SMILES string of the molecule is CC1CN(c2nccc3c(Br)cccc23)CCC1N. The summed E-state index contributed by atoms with van der Waals surface area (Å²) < 4.78 is 1.12. The second kappa shape index (κ2) is 5.10. The second-order valence-electron chi connectivity index (χ2n) is 5.35. The fourth-order valence-electron chi connectivity index (χ4n) is 2.76. The first kappa shape index (κ1) is 12.9. The van der Waals surface area contributed by atoms with E-state index in [4.69, 9.17) is 5.73 Å². The Kier molecular flexibility index (Phi) is 3.46. The average molecular weight is 320 g/mol. The van der Waals surface area contributed by atoms with Crippen molar-refractivity contribution in [1.82, 2.24) is 4.98 Å². The number of piperidine rings is 1. The lowest BCUT2D eigenvalue weighted by Gasteiger charge is -2.36. The largest absolute Gasteiger partial charge is 0.356 e. The van der Waals surface area contributed by atoms with Crippen LogP contribution < -0.4 is 10.6 Å². The van der Waals surface area contributed by atoms with Crippen LogP contribution in [0.2, 0.25) is 0 Å². The number of pyridine rings is 1. The molecule has 4 heteroatoms. The van der Waals surface area contributed by atoms with Gasteiger partial charge in [0.05, 0.1) is 0 Å². The topological polar surface area (TPSA) is 42.2 Å². The number of anilines is 1. The van der Waals surface area contributed by atoms with E-state index in [1.54, 1.807) is 0 Å². The molecule has 1 aliphatic heterocycles. The number of hydrogen-bond acceptors (Lipinski definition) is 3. The third-order valence-corrected chi connectivity index (χ3v) is 4.69. The van der Waals surface area contributed by atoms with Gasteiger partial charge in [0.15, 0.2) is 0 Å². The molecule has 19 heavy (non-hydrogen) atoms. The molecule has 0 bridgehead atoms. The van der Waals surface area contributed by atoms with E-state index in [0.29, 0.717) is 12.0 Å². The number of fused-ring (bicyclic) bond motifs is 1. The van der Waals surface area contributed by atoms with Crippen LogP contribution in [0.5, 0.6) is 0 Å². The molecule has 2 aromatic rings. The van der Waals surface area contributed by atoms with Gasteiger partial charge in [-0.05, 0) is 24.5 Å². The highest BCUT2D eigenvalue weighted by Gasteiger charge is 2.24. The standard InChI is InChI=1S/C15H18BrN3/c1-10-9-19(8-6-14(10)17)15-12-3-2-4-13(16)11(12)5-7-18-15/h2-5,7,10,14H,6,8-9,17H2,1H3. The van der Waals surface area contributed by atoms with Crippen molar-refractivity contribution in [2.75, 3.05) is 18.0 Å². The Morgan fingerprint density at radius 1 is 1.32 bits per heavy atom. The number of halogens is 1. The monoisotopic (exact) mass is 319 g/mol. The maximum absolute atomic E-state index is 6.10. The van der Waals surface area contributed by atoms with Crippen LogP contribution >= 0.6 is 15.9 Å². The van der Waals surface area contributed by atoms with E-state index in [1.807, 2.05) is 6.20 Å². The Hall–Kier alpha value is -1.13. The minimum absolute atomic E-state index is 0.318. The van der Waals surface area contributed by atoms with Gasteiger partial charge in [0.25, 0.3) is 0 Å². The average Bonchev–Trinajstić information content (AvgIpc) is 2.42. The van der Waals surface area contributed by atoms with E-state index in [-0.39, 0.29) is 0 Å². The predicted molar refractivity (Wildman–Crippen MR) is 83.4 cm³/mol. The molecule has 100 valence electrons. The molecule has 3 nitrogen and oxygen atoms in total. The fraction of sp³-hybridized carbons (Fsp3) is 0.400. The van der Waals surface area contributed by atoms with Crippen LogP contribution in [0.4, 0.5) is 5.82 Å². The van der Waals surface area contributed by atoms with E-state index in [9.17, 15) is 0 Å². The summed E-state index contributed by atoms with van der Waals surface area (Å²) in [4.78, 5) is 6.96. The van der Waals surface area contributed by atoms with Gasteiger partial charge in [-0.2, -0.15) is 0 Å². The Labute approximate surface area is 121 Å².